The third-order valence-electron chi connectivity index (χ3n) is 4.89. The number of ether oxygens (including phenoxy) is 1. The molecule has 0 unspecified atom stereocenters. The number of halogens is 3. The van der Waals surface area contributed by atoms with Crippen molar-refractivity contribution in [3.63, 3.8) is 0 Å². The van der Waals surface area contributed by atoms with Gasteiger partial charge in [0.2, 0.25) is 17.6 Å². The average molecular weight is 545 g/mol. The molecule has 0 aliphatic rings. The van der Waals surface area contributed by atoms with Crippen molar-refractivity contribution in [3.05, 3.63) is 98.1 Å². The van der Waals surface area contributed by atoms with Crippen LogP contribution in [-0.2, 0) is 15.8 Å². The number of anilines is 1. The number of nitro benzene ring substituents is 2. The minimum Gasteiger partial charge on any atom is -0.450 e. The van der Waals surface area contributed by atoms with Gasteiger partial charge >= 0.3 is 11.9 Å². The van der Waals surface area contributed by atoms with Crippen LogP contribution >= 0.6 is 0 Å². The summed E-state index contributed by atoms with van der Waals surface area (Å²) in [5, 5.41) is 28.2. The lowest BCUT2D eigenvalue weighted by Gasteiger charge is -2.09. The third kappa shape index (κ3) is 8.34. The van der Waals surface area contributed by atoms with E-state index in [4.69, 9.17) is 4.74 Å². The van der Waals surface area contributed by atoms with Crippen LogP contribution in [0.5, 0.6) is 11.5 Å². The number of hydrogen-bond donors (Lipinski definition) is 2. The summed E-state index contributed by atoms with van der Waals surface area (Å²) in [7, 11) is 0. The normalized spacial score (nSPS) is 11.2. The molecule has 2 amide bonds. The van der Waals surface area contributed by atoms with Crippen molar-refractivity contribution in [3.8, 4) is 11.5 Å². The quantitative estimate of drug-likeness (QED) is 0.201. The Morgan fingerprint density at radius 3 is 2.33 bits per heavy atom. The maximum atomic E-state index is 12.8. The van der Waals surface area contributed by atoms with Gasteiger partial charge in [0.1, 0.15) is 5.75 Å². The molecule has 0 fully saturated rings. The summed E-state index contributed by atoms with van der Waals surface area (Å²) in [5.41, 5.74) is 0.552. The molecule has 0 saturated carbocycles. The minimum absolute atomic E-state index is 0.0607. The number of nitro groups is 2. The molecule has 0 aliphatic carbocycles. The number of non-ortho nitro benzene ring substituents is 1. The number of carbonyl (C=O) groups is 2. The van der Waals surface area contributed by atoms with Crippen molar-refractivity contribution >= 4 is 35.1 Å². The summed E-state index contributed by atoms with van der Waals surface area (Å²) in [4.78, 5) is 44.5. The number of hydrogen-bond acceptors (Lipinski definition) is 8. The fourth-order valence-electron chi connectivity index (χ4n) is 3.09. The van der Waals surface area contributed by atoms with Gasteiger partial charge in [-0.05, 0) is 42.0 Å². The third-order valence-corrected chi connectivity index (χ3v) is 4.89. The van der Waals surface area contributed by atoms with Crippen LogP contribution in [0.3, 0.4) is 0 Å². The van der Waals surface area contributed by atoms with Crippen LogP contribution in [-0.4, -0.2) is 27.9 Å². The highest BCUT2D eigenvalue weighted by Crippen LogP contribution is 2.34. The van der Waals surface area contributed by atoms with Gasteiger partial charge in [-0.1, -0.05) is 18.2 Å². The zero-order valence-corrected chi connectivity index (χ0v) is 19.7. The summed E-state index contributed by atoms with van der Waals surface area (Å²) in [5.74, 6) is -1.39. The molecule has 0 heterocycles. The number of amides is 2. The lowest BCUT2D eigenvalue weighted by Crippen LogP contribution is -2.20. The van der Waals surface area contributed by atoms with Gasteiger partial charge in [-0.2, -0.15) is 18.3 Å². The van der Waals surface area contributed by atoms with Gasteiger partial charge in [0.05, 0.1) is 27.7 Å². The number of nitrogens with zero attached hydrogens (tertiary/aromatic N) is 3. The summed E-state index contributed by atoms with van der Waals surface area (Å²) in [6.07, 6.45) is -3.94. The molecule has 3 aromatic carbocycles. The van der Waals surface area contributed by atoms with E-state index in [1.54, 1.807) is 6.07 Å². The first-order valence-corrected chi connectivity index (χ1v) is 10.9. The van der Waals surface area contributed by atoms with E-state index in [0.717, 1.165) is 36.4 Å². The molecule has 0 aliphatic heterocycles. The lowest BCUT2D eigenvalue weighted by atomic mass is 10.2. The average Bonchev–Trinajstić information content (AvgIpc) is 2.87. The second-order valence-corrected chi connectivity index (χ2v) is 7.76. The molecule has 15 heteroatoms. The Kier molecular flexibility index (Phi) is 8.88. The van der Waals surface area contributed by atoms with Gasteiger partial charge in [-0.25, -0.2) is 5.43 Å². The fourth-order valence-corrected chi connectivity index (χ4v) is 3.09. The second kappa shape index (κ2) is 12.3. The van der Waals surface area contributed by atoms with Crippen molar-refractivity contribution < 1.29 is 37.3 Å². The number of carbonyl (C=O) groups excluding carboxylic acids is 2. The maximum absolute atomic E-state index is 12.8. The van der Waals surface area contributed by atoms with Crippen molar-refractivity contribution in [2.75, 3.05) is 5.32 Å². The summed E-state index contributed by atoms with van der Waals surface area (Å²) < 4.78 is 43.8. The Labute approximate surface area is 217 Å². The standard InChI is InChI=1S/C24H18F3N5O7/c25-24(26,27)16-4-2-5-17(12-16)29-22(33)9-10-23(34)30-28-14-15-3-1-6-19(11-15)39-21-8-7-18(31(35)36)13-20(21)32(37)38/h1-8,11-14H,9-10H2,(H,29,33)(H,30,34). The number of nitrogens with one attached hydrogen (secondary N) is 2. The van der Waals surface area contributed by atoms with Crippen molar-refractivity contribution in [1.29, 1.82) is 0 Å². The smallest absolute Gasteiger partial charge is 0.416 e. The Bertz CT molecular complexity index is 1440. The topological polar surface area (TPSA) is 166 Å². The lowest BCUT2D eigenvalue weighted by molar-refractivity contribution is -0.394. The van der Waals surface area contributed by atoms with Gasteiger partial charge in [0, 0.05) is 24.6 Å². The van der Waals surface area contributed by atoms with E-state index >= 15 is 0 Å². The van der Waals surface area contributed by atoms with Crippen LogP contribution in [0.15, 0.2) is 71.8 Å². The zero-order chi connectivity index (χ0) is 28.6. The summed E-state index contributed by atoms with van der Waals surface area (Å²) in [6.45, 7) is 0. The van der Waals surface area contributed by atoms with Crippen molar-refractivity contribution in [2.24, 2.45) is 5.10 Å². The fraction of sp³-hybridized carbons (Fsp3) is 0.125. The predicted octanol–water partition coefficient (Wildman–Crippen LogP) is 5.18. The Morgan fingerprint density at radius 1 is 0.923 bits per heavy atom. The first-order valence-electron chi connectivity index (χ1n) is 10.9. The molecule has 0 aromatic heterocycles. The van der Waals surface area contributed by atoms with Crippen LogP contribution in [0, 0.1) is 20.2 Å². The number of rotatable bonds is 10. The van der Waals surface area contributed by atoms with E-state index in [-0.39, 0.29) is 30.0 Å². The molecular weight excluding hydrogens is 527 g/mol. The molecule has 2 N–H and O–H groups in total. The van der Waals surface area contributed by atoms with Gasteiger partial charge in [-0.15, -0.1) is 0 Å². The molecule has 0 radical (unpaired) electrons. The van der Waals surface area contributed by atoms with Crippen LogP contribution in [0.1, 0.15) is 24.0 Å². The molecule has 12 nitrogen and oxygen atoms in total. The largest absolute Gasteiger partial charge is 0.450 e. The van der Waals surface area contributed by atoms with E-state index in [9.17, 15) is 43.0 Å². The molecule has 202 valence electrons. The van der Waals surface area contributed by atoms with Gasteiger partial charge in [0.25, 0.3) is 5.69 Å². The number of benzene rings is 3. The highest BCUT2D eigenvalue weighted by atomic mass is 19.4. The number of hydrazone groups is 1. The second-order valence-electron chi connectivity index (χ2n) is 7.76. The highest BCUT2D eigenvalue weighted by Gasteiger charge is 2.30. The van der Waals surface area contributed by atoms with E-state index in [1.165, 1.54) is 30.5 Å². The minimum atomic E-state index is -4.56. The molecular formula is C24H18F3N5O7. The highest BCUT2D eigenvalue weighted by molar-refractivity contribution is 5.93. The molecule has 0 saturated heterocycles. The zero-order valence-electron chi connectivity index (χ0n) is 19.7. The summed E-state index contributed by atoms with van der Waals surface area (Å²) >= 11 is 0. The van der Waals surface area contributed by atoms with E-state index in [1.807, 2.05) is 0 Å². The van der Waals surface area contributed by atoms with Crippen LogP contribution in [0.25, 0.3) is 0 Å². The van der Waals surface area contributed by atoms with E-state index in [2.05, 4.69) is 15.8 Å². The molecule has 3 aromatic rings. The monoisotopic (exact) mass is 545 g/mol. The van der Waals surface area contributed by atoms with E-state index < -0.39 is 44.8 Å². The first-order chi connectivity index (χ1) is 18.4. The van der Waals surface area contributed by atoms with Gasteiger partial charge in [-0.3, -0.25) is 29.8 Å². The van der Waals surface area contributed by atoms with Gasteiger partial charge in [0.15, 0.2) is 0 Å². The SMILES string of the molecule is O=C(CCC(=O)Nc1cccc(C(F)(F)F)c1)NN=Cc1cccc(Oc2ccc([N+](=O)[O-])cc2[N+](=O)[O-])c1. The Balaban J connectivity index is 1.53. The van der Waals surface area contributed by atoms with Crippen LogP contribution in [0.2, 0.25) is 0 Å². The van der Waals surface area contributed by atoms with E-state index in [0.29, 0.717) is 5.56 Å². The number of alkyl halides is 3. The maximum Gasteiger partial charge on any atom is 0.416 e. The Hall–Kier alpha value is -5.34. The van der Waals surface area contributed by atoms with Crippen LogP contribution < -0.4 is 15.5 Å². The molecule has 0 bridgehead atoms. The Morgan fingerprint density at radius 2 is 1.64 bits per heavy atom. The predicted molar refractivity (Wildman–Crippen MR) is 131 cm³/mol. The molecule has 39 heavy (non-hydrogen) atoms. The first kappa shape index (κ1) is 28.2. The molecule has 0 atom stereocenters. The molecule has 3 rings (SSSR count). The molecule has 0 spiro atoms. The van der Waals surface area contributed by atoms with Crippen molar-refractivity contribution in [2.45, 2.75) is 19.0 Å². The van der Waals surface area contributed by atoms with Gasteiger partial charge < -0.3 is 10.1 Å². The van der Waals surface area contributed by atoms with Crippen molar-refractivity contribution in [1.82, 2.24) is 5.43 Å². The summed E-state index contributed by atoms with van der Waals surface area (Å²) in [6, 6.07) is 13.0. The van der Waals surface area contributed by atoms with Crippen LogP contribution in [0.4, 0.5) is 30.2 Å².